The summed E-state index contributed by atoms with van der Waals surface area (Å²) in [4.78, 5) is 23.5. The molecule has 0 saturated carbocycles. The van der Waals surface area contributed by atoms with Crippen molar-refractivity contribution in [2.24, 2.45) is 5.10 Å². The Morgan fingerprint density at radius 1 is 1.28 bits per heavy atom. The smallest absolute Gasteiger partial charge is 0.270 e. The summed E-state index contributed by atoms with van der Waals surface area (Å²) < 4.78 is 5.84. The largest absolute Gasteiger partial charge is 0.446 e. The third-order valence-electron chi connectivity index (χ3n) is 3.67. The van der Waals surface area contributed by atoms with Gasteiger partial charge in [-0.15, -0.1) is 16.9 Å². The molecule has 1 aliphatic heterocycles. The zero-order valence-corrected chi connectivity index (χ0v) is 14.4. The minimum atomic E-state index is -0.692. The Morgan fingerprint density at radius 2 is 2.00 bits per heavy atom. The summed E-state index contributed by atoms with van der Waals surface area (Å²) in [5.74, 6) is -0.0998. The monoisotopic (exact) mass is 357 g/mol. The van der Waals surface area contributed by atoms with Gasteiger partial charge in [0.15, 0.2) is 0 Å². The number of nitro benzene ring substituents is 1. The van der Waals surface area contributed by atoms with Crippen molar-refractivity contribution < 1.29 is 14.5 Å². The standard InChI is InChI=1S/C17H15N3O4S/c1-11(21)19-17(12-6-8-15(25-2)9-7-12)24-16(18-19)13-4-3-5-14(10-13)20(22)23/h3-10,17H,1-2H3. The Bertz CT molecular complexity index is 851. The molecule has 3 rings (SSSR count). The highest BCUT2D eigenvalue weighted by molar-refractivity contribution is 7.98. The summed E-state index contributed by atoms with van der Waals surface area (Å²) in [5.41, 5.74) is 1.16. The van der Waals surface area contributed by atoms with Crippen LogP contribution in [0, 0.1) is 10.1 Å². The first-order valence-corrected chi connectivity index (χ1v) is 8.66. The fourth-order valence-corrected chi connectivity index (χ4v) is 2.83. The van der Waals surface area contributed by atoms with Gasteiger partial charge in [-0.25, -0.2) is 0 Å². The molecule has 25 heavy (non-hydrogen) atoms. The van der Waals surface area contributed by atoms with Crippen LogP contribution in [0.15, 0.2) is 58.5 Å². The molecule has 7 nitrogen and oxygen atoms in total. The van der Waals surface area contributed by atoms with Crippen LogP contribution in [0.5, 0.6) is 0 Å². The molecule has 0 radical (unpaired) electrons. The first kappa shape index (κ1) is 17.0. The number of ether oxygens (including phenoxy) is 1. The van der Waals surface area contributed by atoms with E-state index in [-0.39, 0.29) is 17.5 Å². The second-order valence-electron chi connectivity index (χ2n) is 5.32. The highest BCUT2D eigenvalue weighted by atomic mass is 32.2. The highest BCUT2D eigenvalue weighted by Crippen LogP contribution is 2.31. The number of hydrogen-bond donors (Lipinski definition) is 0. The van der Waals surface area contributed by atoms with Crippen molar-refractivity contribution in [2.45, 2.75) is 18.0 Å². The van der Waals surface area contributed by atoms with E-state index in [0.717, 1.165) is 10.5 Å². The van der Waals surface area contributed by atoms with Crippen molar-refractivity contribution in [3.8, 4) is 0 Å². The summed E-state index contributed by atoms with van der Waals surface area (Å²) in [6.07, 6.45) is 1.29. The van der Waals surface area contributed by atoms with Gasteiger partial charge in [0.05, 0.1) is 4.92 Å². The lowest BCUT2D eigenvalue weighted by Crippen LogP contribution is -2.25. The van der Waals surface area contributed by atoms with Crippen LogP contribution in [-0.2, 0) is 9.53 Å². The van der Waals surface area contributed by atoms with Crippen LogP contribution in [0.4, 0.5) is 5.69 Å². The number of nitrogens with zero attached hydrogens (tertiary/aromatic N) is 3. The lowest BCUT2D eigenvalue weighted by Gasteiger charge is -2.19. The molecule has 1 atom stereocenters. The fourth-order valence-electron chi connectivity index (χ4n) is 2.42. The Labute approximate surface area is 148 Å². The number of amides is 1. The zero-order chi connectivity index (χ0) is 18.0. The summed E-state index contributed by atoms with van der Waals surface area (Å²) in [6, 6.07) is 13.6. The number of rotatable bonds is 4. The van der Waals surface area contributed by atoms with Crippen LogP contribution in [-0.4, -0.2) is 28.0 Å². The van der Waals surface area contributed by atoms with Gasteiger partial charge in [-0.05, 0) is 24.5 Å². The van der Waals surface area contributed by atoms with Gasteiger partial charge < -0.3 is 4.74 Å². The van der Waals surface area contributed by atoms with Crippen molar-refractivity contribution in [1.82, 2.24) is 5.01 Å². The molecule has 1 unspecified atom stereocenters. The fraction of sp³-hybridized carbons (Fsp3) is 0.176. The van der Waals surface area contributed by atoms with Gasteiger partial charge in [0.2, 0.25) is 18.0 Å². The maximum atomic E-state index is 11.9. The molecule has 0 aliphatic carbocycles. The number of thioether (sulfide) groups is 1. The molecule has 0 N–H and O–H groups in total. The first-order chi connectivity index (χ1) is 12.0. The van der Waals surface area contributed by atoms with Crippen molar-refractivity contribution in [2.75, 3.05) is 6.26 Å². The van der Waals surface area contributed by atoms with Crippen molar-refractivity contribution >= 4 is 29.3 Å². The first-order valence-electron chi connectivity index (χ1n) is 7.43. The normalized spacial score (nSPS) is 16.3. The minimum Gasteiger partial charge on any atom is -0.446 e. The van der Waals surface area contributed by atoms with E-state index in [1.54, 1.807) is 23.9 Å². The maximum absolute atomic E-state index is 11.9. The van der Waals surface area contributed by atoms with Crippen LogP contribution in [0.1, 0.15) is 24.3 Å². The number of nitro groups is 1. The molecule has 0 bridgehead atoms. The topological polar surface area (TPSA) is 85.0 Å². The average molecular weight is 357 g/mol. The molecule has 8 heteroatoms. The van der Waals surface area contributed by atoms with Crippen LogP contribution in [0.25, 0.3) is 0 Å². The van der Waals surface area contributed by atoms with Gasteiger partial charge in [-0.1, -0.05) is 18.2 Å². The second kappa shape index (κ2) is 6.94. The number of hydrogen-bond acceptors (Lipinski definition) is 6. The van der Waals surface area contributed by atoms with Gasteiger partial charge in [-0.2, -0.15) is 5.01 Å². The molecule has 1 aliphatic rings. The Hall–Kier alpha value is -2.87. The molecule has 0 aromatic heterocycles. The molecule has 2 aromatic carbocycles. The van der Waals surface area contributed by atoms with E-state index in [2.05, 4.69) is 5.10 Å². The van der Waals surface area contributed by atoms with E-state index < -0.39 is 11.2 Å². The van der Waals surface area contributed by atoms with Crippen LogP contribution < -0.4 is 0 Å². The maximum Gasteiger partial charge on any atom is 0.270 e. The predicted molar refractivity (Wildman–Crippen MR) is 94.2 cm³/mol. The molecule has 0 spiro atoms. The number of hydrazone groups is 1. The Morgan fingerprint density at radius 3 is 2.60 bits per heavy atom. The minimum absolute atomic E-state index is 0.0639. The quantitative estimate of drug-likeness (QED) is 0.474. The summed E-state index contributed by atoms with van der Waals surface area (Å²) in [7, 11) is 0. The molecule has 1 heterocycles. The van der Waals surface area contributed by atoms with Gasteiger partial charge in [0.25, 0.3) is 5.69 Å². The molecule has 1 amide bonds. The van der Waals surface area contributed by atoms with Crippen molar-refractivity contribution in [1.29, 1.82) is 0 Å². The van der Waals surface area contributed by atoms with Crippen LogP contribution >= 0.6 is 11.8 Å². The summed E-state index contributed by atoms with van der Waals surface area (Å²) in [6.45, 7) is 1.40. The SMILES string of the molecule is CSc1ccc(C2OC(c3cccc([N+](=O)[O-])c3)=NN2C(C)=O)cc1. The van der Waals surface area contributed by atoms with Crippen molar-refractivity contribution in [3.05, 3.63) is 69.8 Å². The van der Waals surface area contributed by atoms with E-state index in [1.807, 2.05) is 30.5 Å². The van der Waals surface area contributed by atoms with Gasteiger partial charge in [0, 0.05) is 35.1 Å². The lowest BCUT2D eigenvalue weighted by molar-refractivity contribution is -0.384. The third kappa shape index (κ3) is 3.48. The Kier molecular flexibility index (Phi) is 4.71. The summed E-state index contributed by atoms with van der Waals surface area (Å²) >= 11 is 1.62. The van der Waals surface area contributed by atoms with Gasteiger partial charge in [0.1, 0.15) is 0 Å². The number of carbonyl (C=O) groups excluding carboxylic acids is 1. The van der Waals surface area contributed by atoms with E-state index in [9.17, 15) is 14.9 Å². The highest BCUT2D eigenvalue weighted by Gasteiger charge is 2.33. The lowest BCUT2D eigenvalue weighted by atomic mass is 10.2. The number of non-ortho nitro benzene ring substituents is 1. The summed E-state index contributed by atoms with van der Waals surface area (Å²) in [5, 5.41) is 16.4. The predicted octanol–water partition coefficient (Wildman–Crippen LogP) is 3.56. The molecule has 0 saturated heterocycles. The number of carbonyl (C=O) groups is 1. The van der Waals surface area contributed by atoms with E-state index in [0.29, 0.717) is 5.56 Å². The molecular weight excluding hydrogens is 342 g/mol. The van der Waals surface area contributed by atoms with E-state index in [1.165, 1.54) is 24.1 Å². The van der Waals surface area contributed by atoms with E-state index in [4.69, 9.17) is 4.74 Å². The van der Waals surface area contributed by atoms with Crippen LogP contribution in [0.2, 0.25) is 0 Å². The third-order valence-corrected chi connectivity index (χ3v) is 4.42. The Balaban J connectivity index is 1.92. The molecule has 128 valence electrons. The van der Waals surface area contributed by atoms with Crippen molar-refractivity contribution in [3.63, 3.8) is 0 Å². The van der Waals surface area contributed by atoms with E-state index >= 15 is 0 Å². The molecular formula is C17H15N3O4S. The van der Waals surface area contributed by atoms with Gasteiger partial charge >= 0.3 is 0 Å². The average Bonchev–Trinajstić information content (AvgIpc) is 3.07. The molecule has 2 aromatic rings. The zero-order valence-electron chi connectivity index (χ0n) is 13.6. The number of benzene rings is 2. The molecule has 0 fully saturated rings. The van der Waals surface area contributed by atoms with Gasteiger partial charge in [-0.3, -0.25) is 14.9 Å². The van der Waals surface area contributed by atoms with Crippen LogP contribution in [0.3, 0.4) is 0 Å². The second-order valence-corrected chi connectivity index (χ2v) is 6.20.